The smallest absolute Gasteiger partial charge is 0.362 e. The van der Waals surface area contributed by atoms with Gasteiger partial charge in [0, 0.05) is 12.6 Å². The van der Waals surface area contributed by atoms with Crippen molar-refractivity contribution in [3.8, 4) is 11.4 Å². The number of nitrogens with one attached hydrogen (secondary N) is 1. The Morgan fingerprint density at radius 1 is 1.09 bits per heavy atom. The van der Waals surface area contributed by atoms with Gasteiger partial charge in [-0.1, -0.05) is 18.2 Å². The average molecular weight is 471 g/mol. The summed E-state index contributed by atoms with van der Waals surface area (Å²) in [5.74, 6) is -1.83. The molecule has 3 aromatic rings. The van der Waals surface area contributed by atoms with Crippen LogP contribution in [0.25, 0.3) is 5.69 Å². The SMILES string of the molecule is CCOC(=O)c1nn(-c2ccccc2C)c(=O)cc1OS(=O)(=O)c1ccc(NC(C)=O)cc1. The average Bonchev–Trinajstić information content (AvgIpc) is 2.74. The normalized spacial score (nSPS) is 11.0. The second-order valence-electron chi connectivity index (χ2n) is 6.86. The van der Waals surface area contributed by atoms with Gasteiger partial charge < -0.3 is 14.2 Å². The molecule has 0 saturated carbocycles. The number of hydrogen-bond acceptors (Lipinski definition) is 8. The van der Waals surface area contributed by atoms with E-state index >= 15 is 0 Å². The minimum absolute atomic E-state index is 0.000799. The van der Waals surface area contributed by atoms with Crippen molar-refractivity contribution in [2.75, 3.05) is 11.9 Å². The number of aryl methyl sites for hydroxylation is 1. The molecule has 0 unspecified atom stereocenters. The lowest BCUT2D eigenvalue weighted by Gasteiger charge is -2.13. The van der Waals surface area contributed by atoms with E-state index in [-0.39, 0.29) is 17.4 Å². The summed E-state index contributed by atoms with van der Waals surface area (Å²) in [5, 5.41) is 6.55. The van der Waals surface area contributed by atoms with Crippen molar-refractivity contribution in [2.24, 2.45) is 0 Å². The maximum absolute atomic E-state index is 12.8. The first-order chi connectivity index (χ1) is 15.6. The number of benzene rings is 2. The van der Waals surface area contributed by atoms with Crippen molar-refractivity contribution in [3.05, 3.63) is 76.2 Å². The van der Waals surface area contributed by atoms with E-state index in [1.165, 1.54) is 31.2 Å². The third-order valence-corrected chi connectivity index (χ3v) is 5.62. The van der Waals surface area contributed by atoms with Crippen LogP contribution >= 0.6 is 0 Å². The van der Waals surface area contributed by atoms with E-state index < -0.39 is 33.1 Å². The summed E-state index contributed by atoms with van der Waals surface area (Å²) < 4.78 is 36.6. The third-order valence-electron chi connectivity index (χ3n) is 4.37. The van der Waals surface area contributed by atoms with E-state index in [0.29, 0.717) is 16.9 Å². The topological polar surface area (TPSA) is 134 Å². The van der Waals surface area contributed by atoms with Crippen LogP contribution in [0.4, 0.5) is 5.69 Å². The molecule has 11 heteroatoms. The minimum Gasteiger partial charge on any atom is -0.461 e. The summed E-state index contributed by atoms with van der Waals surface area (Å²) in [7, 11) is -4.44. The number of ether oxygens (including phenoxy) is 1. The molecule has 0 saturated heterocycles. The van der Waals surface area contributed by atoms with E-state index in [4.69, 9.17) is 8.92 Å². The van der Waals surface area contributed by atoms with Gasteiger partial charge in [0.25, 0.3) is 5.56 Å². The largest absolute Gasteiger partial charge is 0.461 e. The summed E-state index contributed by atoms with van der Waals surface area (Å²) in [6, 6.07) is 12.9. The van der Waals surface area contributed by atoms with Gasteiger partial charge in [0.15, 0.2) is 5.75 Å². The predicted molar refractivity (Wildman–Crippen MR) is 119 cm³/mol. The molecule has 0 aliphatic carbocycles. The number of para-hydroxylation sites is 1. The number of amides is 1. The molecule has 3 rings (SSSR count). The Morgan fingerprint density at radius 3 is 2.36 bits per heavy atom. The van der Waals surface area contributed by atoms with Crippen molar-refractivity contribution in [1.29, 1.82) is 0 Å². The molecule has 10 nitrogen and oxygen atoms in total. The van der Waals surface area contributed by atoms with Crippen molar-refractivity contribution in [2.45, 2.75) is 25.7 Å². The van der Waals surface area contributed by atoms with Crippen LogP contribution < -0.4 is 15.1 Å². The zero-order valence-electron chi connectivity index (χ0n) is 18.1. The van der Waals surface area contributed by atoms with E-state index in [1.54, 1.807) is 38.1 Å². The molecular weight excluding hydrogens is 450 g/mol. The van der Waals surface area contributed by atoms with E-state index in [9.17, 15) is 22.8 Å². The molecule has 172 valence electrons. The van der Waals surface area contributed by atoms with Gasteiger partial charge in [0.1, 0.15) is 4.90 Å². The monoisotopic (exact) mass is 471 g/mol. The molecular formula is C22H21N3O7S. The lowest BCUT2D eigenvalue weighted by atomic mass is 10.2. The minimum atomic E-state index is -4.44. The van der Waals surface area contributed by atoms with Crippen LogP contribution in [0.1, 0.15) is 29.9 Å². The molecule has 2 aromatic carbocycles. The molecule has 33 heavy (non-hydrogen) atoms. The standard InChI is InChI=1S/C22H21N3O7S/c1-4-31-22(28)21-19(13-20(27)25(24-21)18-8-6-5-7-14(18)2)32-33(29,30)17-11-9-16(10-12-17)23-15(3)26/h5-13H,4H2,1-3H3,(H,23,26). The number of carbonyl (C=O) groups excluding carboxylic acids is 2. The Balaban J connectivity index is 2.05. The molecule has 0 aliphatic heterocycles. The van der Waals surface area contributed by atoms with Crippen molar-refractivity contribution < 1.29 is 26.9 Å². The van der Waals surface area contributed by atoms with Crippen LogP contribution in [0.15, 0.2) is 64.3 Å². The van der Waals surface area contributed by atoms with Crippen LogP contribution in [-0.4, -0.2) is 36.7 Å². The van der Waals surface area contributed by atoms with Crippen molar-refractivity contribution in [1.82, 2.24) is 9.78 Å². The Hall–Kier alpha value is -3.99. The van der Waals surface area contributed by atoms with E-state index in [0.717, 1.165) is 10.7 Å². The van der Waals surface area contributed by atoms with Gasteiger partial charge in [0.05, 0.1) is 18.4 Å². The summed E-state index contributed by atoms with van der Waals surface area (Å²) in [4.78, 5) is 36.1. The van der Waals surface area contributed by atoms with Crippen molar-refractivity contribution >= 4 is 27.7 Å². The van der Waals surface area contributed by atoms with Gasteiger partial charge >= 0.3 is 16.1 Å². The van der Waals surface area contributed by atoms with Gasteiger partial charge in [-0.25, -0.2) is 4.79 Å². The lowest BCUT2D eigenvalue weighted by Crippen LogP contribution is -2.26. The highest BCUT2D eigenvalue weighted by Gasteiger charge is 2.25. The Morgan fingerprint density at radius 2 is 1.76 bits per heavy atom. The summed E-state index contributed by atoms with van der Waals surface area (Å²) in [6.45, 7) is 4.65. The summed E-state index contributed by atoms with van der Waals surface area (Å²) in [6.07, 6.45) is 0. The molecule has 1 heterocycles. The zero-order chi connectivity index (χ0) is 24.2. The number of hydrogen-bond donors (Lipinski definition) is 1. The van der Waals surface area contributed by atoms with Crippen molar-refractivity contribution in [3.63, 3.8) is 0 Å². The third kappa shape index (κ3) is 5.44. The summed E-state index contributed by atoms with van der Waals surface area (Å²) in [5.41, 5.74) is 0.330. The fraction of sp³-hybridized carbons (Fsp3) is 0.182. The Kier molecular flexibility index (Phi) is 6.92. The molecule has 0 bridgehead atoms. The molecule has 1 N–H and O–H groups in total. The summed E-state index contributed by atoms with van der Waals surface area (Å²) >= 11 is 0. The molecule has 0 radical (unpaired) electrons. The first-order valence-electron chi connectivity index (χ1n) is 9.82. The van der Waals surface area contributed by atoms with Crippen LogP contribution in [0.5, 0.6) is 5.75 Å². The van der Waals surface area contributed by atoms with E-state index in [2.05, 4.69) is 10.4 Å². The molecule has 1 aromatic heterocycles. The second-order valence-corrected chi connectivity index (χ2v) is 8.40. The number of aromatic nitrogens is 2. The molecule has 0 fully saturated rings. The molecule has 0 aliphatic rings. The van der Waals surface area contributed by atoms with Gasteiger partial charge in [0.2, 0.25) is 11.6 Å². The zero-order valence-corrected chi connectivity index (χ0v) is 18.9. The first-order valence-corrected chi connectivity index (χ1v) is 11.2. The number of carbonyl (C=O) groups is 2. The highest BCUT2D eigenvalue weighted by Crippen LogP contribution is 2.23. The Labute approximate surface area is 189 Å². The van der Waals surface area contributed by atoms with Crippen LogP contribution in [0.2, 0.25) is 0 Å². The van der Waals surface area contributed by atoms with Gasteiger partial charge in [-0.15, -0.1) is 0 Å². The predicted octanol–water partition coefficient (Wildman–Crippen LogP) is 2.44. The van der Waals surface area contributed by atoms with Crippen LogP contribution in [0, 0.1) is 6.92 Å². The fourth-order valence-electron chi connectivity index (χ4n) is 2.89. The van der Waals surface area contributed by atoms with Crippen LogP contribution in [0.3, 0.4) is 0 Å². The van der Waals surface area contributed by atoms with Crippen LogP contribution in [-0.2, 0) is 19.6 Å². The van der Waals surface area contributed by atoms with Gasteiger partial charge in [-0.05, 0) is 49.7 Å². The highest BCUT2D eigenvalue weighted by molar-refractivity contribution is 7.87. The number of nitrogens with zero attached hydrogens (tertiary/aromatic N) is 2. The number of rotatable bonds is 7. The Bertz CT molecular complexity index is 1360. The van der Waals surface area contributed by atoms with E-state index in [1.807, 2.05) is 0 Å². The lowest BCUT2D eigenvalue weighted by molar-refractivity contribution is -0.114. The number of anilines is 1. The first kappa shape index (κ1) is 23.7. The quantitative estimate of drug-likeness (QED) is 0.410. The van der Waals surface area contributed by atoms with Gasteiger partial charge in [-0.2, -0.15) is 18.2 Å². The molecule has 1 amide bonds. The molecule has 0 atom stereocenters. The number of esters is 1. The highest BCUT2D eigenvalue weighted by atomic mass is 32.2. The maximum Gasteiger partial charge on any atom is 0.362 e. The maximum atomic E-state index is 12.8. The van der Waals surface area contributed by atoms with Gasteiger partial charge in [-0.3, -0.25) is 9.59 Å². The fourth-order valence-corrected chi connectivity index (χ4v) is 3.82. The second kappa shape index (κ2) is 9.65. The molecule has 0 spiro atoms.